The lowest BCUT2D eigenvalue weighted by molar-refractivity contribution is -0.137. The topological polar surface area (TPSA) is 55.1 Å². The molecular formula is C12H13F3N2O. The van der Waals surface area contributed by atoms with Crippen molar-refractivity contribution in [1.29, 1.82) is 0 Å². The number of hydrogen-bond acceptors (Lipinski definition) is 2. The molecule has 2 atom stereocenters. The molecule has 0 aliphatic heterocycles. The third-order valence-electron chi connectivity index (χ3n) is 3.05. The fraction of sp³-hybridized carbons (Fsp3) is 0.417. The number of carbonyl (C=O) groups excluding carboxylic acids is 1. The predicted octanol–water partition coefficient (Wildman–Crippen LogP) is 2.43. The highest BCUT2D eigenvalue weighted by molar-refractivity contribution is 5.99. The highest BCUT2D eigenvalue weighted by atomic mass is 19.4. The van der Waals surface area contributed by atoms with Gasteiger partial charge in [0, 0.05) is 11.7 Å². The van der Waals surface area contributed by atoms with E-state index in [-0.39, 0.29) is 17.3 Å². The zero-order valence-electron chi connectivity index (χ0n) is 9.71. The van der Waals surface area contributed by atoms with E-state index in [0.717, 1.165) is 24.6 Å². The first-order valence-corrected chi connectivity index (χ1v) is 5.56. The van der Waals surface area contributed by atoms with Gasteiger partial charge in [0.2, 0.25) is 0 Å². The van der Waals surface area contributed by atoms with Crippen LogP contribution in [0.2, 0.25) is 0 Å². The number of carbonyl (C=O) groups is 1. The zero-order valence-corrected chi connectivity index (χ0v) is 9.71. The van der Waals surface area contributed by atoms with Crippen LogP contribution >= 0.6 is 0 Å². The van der Waals surface area contributed by atoms with Crippen LogP contribution in [0, 0.1) is 5.92 Å². The number of hydrogen-bond donors (Lipinski definition) is 2. The van der Waals surface area contributed by atoms with Crippen LogP contribution in [0.3, 0.4) is 0 Å². The minimum atomic E-state index is -4.48. The molecule has 0 bridgehead atoms. The molecule has 1 fully saturated rings. The van der Waals surface area contributed by atoms with E-state index in [2.05, 4.69) is 5.32 Å². The molecule has 6 heteroatoms. The van der Waals surface area contributed by atoms with Crippen molar-refractivity contribution >= 4 is 11.6 Å². The summed E-state index contributed by atoms with van der Waals surface area (Å²) < 4.78 is 37.6. The number of anilines is 1. The Kier molecular flexibility index (Phi) is 2.96. The van der Waals surface area contributed by atoms with Crippen molar-refractivity contribution in [2.75, 3.05) is 5.73 Å². The van der Waals surface area contributed by atoms with Crippen LogP contribution < -0.4 is 11.1 Å². The van der Waals surface area contributed by atoms with Gasteiger partial charge in [-0.3, -0.25) is 4.79 Å². The molecule has 0 radical (unpaired) electrons. The molecular weight excluding hydrogens is 245 g/mol. The summed E-state index contributed by atoms with van der Waals surface area (Å²) in [6.45, 7) is 1.96. The quantitative estimate of drug-likeness (QED) is 0.800. The van der Waals surface area contributed by atoms with Gasteiger partial charge in [-0.1, -0.05) is 6.92 Å². The molecule has 1 aromatic carbocycles. The minimum absolute atomic E-state index is 0.0476. The molecule has 1 aromatic rings. The van der Waals surface area contributed by atoms with Crippen LogP contribution in [-0.2, 0) is 6.18 Å². The molecule has 2 rings (SSSR count). The average Bonchev–Trinajstić information content (AvgIpc) is 2.92. The Morgan fingerprint density at radius 2 is 2.06 bits per heavy atom. The molecule has 98 valence electrons. The Balaban J connectivity index is 2.23. The van der Waals surface area contributed by atoms with E-state index < -0.39 is 17.6 Å². The first-order valence-electron chi connectivity index (χ1n) is 5.56. The van der Waals surface area contributed by atoms with Gasteiger partial charge in [0.25, 0.3) is 5.91 Å². The minimum Gasteiger partial charge on any atom is -0.398 e. The molecule has 3 N–H and O–H groups in total. The van der Waals surface area contributed by atoms with Gasteiger partial charge in [-0.05, 0) is 30.5 Å². The van der Waals surface area contributed by atoms with E-state index in [1.54, 1.807) is 0 Å². The van der Waals surface area contributed by atoms with Gasteiger partial charge < -0.3 is 11.1 Å². The van der Waals surface area contributed by atoms with E-state index in [1.165, 1.54) is 0 Å². The van der Waals surface area contributed by atoms with E-state index >= 15 is 0 Å². The molecule has 1 amide bonds. The van der Waals surface area contributed by atoms with Crippen molar-refractivity contribution in [3.05, 3.63) is 29.3 Å². The van der Waals surface area contributed by atoms with Crippen molar-refractivity contribution in [3.63, 3.8) is 0 Å². The van der Waals surface area contributed by atoms with Crippen LogP contribution in [0.1, 0.15) is 29.3 Å². The number of alkyl halides is 3. The number of nitrogens with two attached hydrogens (primary N) is 1. The molecule has 1 aliphatic rings. The summed E-state index contributed by atoms with van der Waals surface area (Å²) in [7, 11) is 0. The lowest BCUT2D eigenvalue weighted by Crippen LogP contribution is -2.27. The largest absolute Gasteiger partial charge is 0.416 e. The summed E-state index contributed by atoms with van der Waals surface area (Å²) in [6, 6.07) is 2.81. The van der Waals surface area contributed by atoms with Crippen LogP contribution in [0.25, 0.3) is 0 Å². The highest BCUT2D eigenvalue weighted by Crippen LogP contribution is 2.32. The standard InChI is InChI=1S/C12H13F3N2O/c1-6-4-10(6)17-11(18)8-5-7(12(13,14)15)2-3-9(8)16/h2-3,5-6,10H,4,16H2,1H3,(H,17,18). The van der Waals surface area contributed by atoms with E-state index in [1.807, 2.05) is 6.92 Å². The third-order valence-corrected chi connectivity index (χ3v) is 3.05. The van der Waals surface area contributed by atoms with Crippen LogP contribution in [0.5, 0.6) is 0 Å². The molecule has 1 aliphatic carbocycles. The van der Waals surface area contributed by atoms with Gasteiger partial charge in [-0.15, -0.1) is 0 Å². The van der Waals surface area contributed by atoms with Crippen molar-refractivity contribution in [3.8, 4) is 0 Å². The summed E-state index contributed by atoms with van der Waals surface area (Å²) in [6.07, 6.45) is -3.62. The zero-order chi connectivity index (χ0) is 13.5. The van der Waals surface area contributed by atoms with Crippen LogP contribution in [-0.4, -0.2) is 11.9 Å². The monoisotopic (exact) mass is 258 g/mol. The van der Waals surface area contributed by atoms with E-state index in [9.17, 15) is 18.0 Å². The molecule has 18 heavy (non-hydrogen) atoms. The predicted molar refractivity (Wildman–Crippen MR) is 60.9 cm³/mol. The van der Waals surface area contributed by atoms with Gasteiger partial charge in [0.15, 0.2) is 0 Å². The number of benzene rings is 1. The van der Waals surface area contributed by atoms with Gasteiger partial charge in [0.1, 0.15) is 0 Å². The number of nitrogen functional groups attached to an aromatic ring is 1. The summed E-state index contributed by atoms with van der Waals surface area (Å²) >= 11 is 0. The summed E-state index contributed by atoms with van der Waals surface area (Å²) in [5, 5.41) is 2.65. The molecule has 0 aromatic heterocycles. The van der Waals surface area contributed by atoms with Gasteiger partial charge in [0.05, 0.1) is 11.1 Å². The maximum atomic E-state index is 12.5. The maximum Gasteiger partial charge on any atom is 0.416 e. The summed E-state index contributed by atoms with van der Waals surface area (Å²) in [5.74, 6) is -0.172. The summed E-state index contributed by atoms with van der Waals surface area (Å²) in [4.78, 5) is 11.8. The van der Waals surface area contributed by atoms with Gasteiger partial charge in [-0.25, -0.2) is 0 Å². The number of rotatable bonds is 2. The Morgan fingerprint density at radius 1 is 1.44 bits per heavy atom. The smallest absolute Gasteiger partial charge is 0.398 e. The normalized spacial score (nSPS) is 22.7. The lowest BCUT2D eigenvalue weighted by atomic mass is 10.1. The van der Waals surface area contributed by atoms with Gasteiger partial charge >= 0.3 is 6.18 Å². The summed E-state index contributed by atoms with van der Waals surface area (Å²) in [5.41, 5.74) is 4.59. The fourth-order valence-corrected chi connectivity index (χ4v) is 1.70. The van der Waals surface area contributed by atoms with Crippen molar-refractivity contribution in [2.45, 2.75) is 25.6 Å². The first-order chi connectivity index (χ1) is 8.29. The van der Waals surface area contributed by atoms with Crippen molar-refractivity contribution in [1.82, 2.24) is 5.32 Å². The second-order valence-corrected chi connectivity index (χ2v) is 4.59. The van der Waals surface area contributed by atoms with Crippen molar-refractivity contribution in [2.24, 2.45) is 5.92 Å². The first kappa shape index (κ1) is 12.7. The molecule has 2 unspecified atom stereocenters. The fourth-order valence-electron chi connectivity index (χ4n) is 1.70. The molecule has 0 saturated heterocycles. The average molecular weight is 258 g/mol. The Hall–Kier alpha value is -1.72. The number of nitrogens with one attached hydrogen (secondary N) is 1. The molecule has 0 heterocycles. The Bertz CT molecular complexity index is 485. The number of amides is 1. The van der Waals surface area contributed by atoms with Crippen LogP contribution in [0.4, 0.5) is 18.9 Å². The second kappa shape index (κ2) is 4.19. The SMILES string of the molecule is CC1CC1NC(=O)c1cc(C(F)(F)F)ccc1N. The van der Waals surface area contributed by atoms with E-state index in [4.69, 9.17) is 5.73 Å². The molecule has 0 spiro atoms. The molecule has 3 nitrogen and oxygen atoms in total. The lowest BCUT2D eigenvalue weighted by Gasteiger charge is -2.11. The third kappa shape index (κ3) is 2.57. The van der Waals surface area contributed by atoms with E-state index in [0.29, 0.717) is 5.92 Å². The van der Waals surface area contributed by atoms with Crippen LogP contribution in [0.15, 0.2) is 18.2 Å². The Labute approximate surface area is 102 Å². The van der Waals surface area contributed by atoms with Gasteiger partial charge in [-0.2, -0.15) is 13.2 Å². The number of halogens is 3. The second-order valence-electron chi connectivity index (χ2n) is 4.59. The maximum absolute atomic E-state index is 12.5. The Morgan fingerprint density at radius 3 is 2.56 bits per heavy atom. The highest BCUT2D eigenvalue weighted by Gasteiger charge is 2.35. The molecule has 1 saturated carbocycles. The van der Waals surface area contributed by atoms with Crippen molar-refractivity contribution < 1.29 is 18.0 Å².